The quantitative estimate of drug-likeness (QED) is 0.781. The van der Waals surface area contributed by atoms with Crippen LogP contribution in [-0.2, 0) is 11.3 Å². The van der Waals surface area contributed by atoms with Crippen molar-refractivity contribution < 1.29 is 4.79 Å². The maximum atomic E-state index is 11.7. The molecule has 0 aromatic carbocycles. The number of nitrogens with one attached hydrogen (secondary N) is 2. The van der Waals surface area contributed by atoms with E-state index in [1.807, 2.05) is 6.20 Å². The second kappa shape index (κ2) is 9.96. The average Bonchev–Trinajstić information content (AvgIpc) is 3.16. The lowest BCUT2D eigenvalue weighted by Crippen LogP contribution is -2.34. The van der Waals surface area contributed by atoms with Gasteiger partial charge in [0.2, 0.25) is 5.91 Å². The maximum absolute atomic E-state index is 11.7. The second-order valence-corrected chi connectivity index (χ2v) is 6.07. The fourth-order valence-electron chi connectivity index (χ4n) is 2.63. The van der Waals surface area contributed by atoms with Crippen LogP contribution >= 0.6 is 24.8 Å². The summed E-state index contributed by atoms with van der Waals surface area (Å²) in [5, 5.41) is 6.12. The molecule has 1 saturated heterocycles. The highest BCUT2D eigenvalue weighted by atomic mass is 35.5. The summed E-state index contributed by atoms with van der Waals surface area (Å²) in [5.41, 5.74) is 1.05. The van der Waals surface area contributed by atoms with Crippen molar-refractivity contribution in [3.8, 4) is 0 Å². The molecule has 1 saturated carbocycles. The smallest absolute Gasteiger partial charge is 0.234 e. The number of hydrogen-bond donors (Lipinski definition) is 2. The number of anilines is 1. The van der Waals surface area contributed by atoms with E-state index in [2.05, 4.69) is 32.7 Å². The fourth-order valence-corrected chi connectivity index (χ4v) is 2.63. The first-order valence-corrected chi connectivity index (χ1v) is 7.98. The van der Waals surface area contributed by atoms with Gasteiger partial charge >= 0.3 is 0 Å². The van der Waals surface area contributed by atoms with Crippen LogP contribution in [0.15, 0.2) is 18.3 Å². The molecule has 1 aromatic heterocycles. The minimum absolute atomic E-state index is 0. The Morgan fingerprint density at radius 1 is 1.22 bits per heavy atom. The van der Waals surface area contributed by atoms with Gasteiger partial charge in [0.05, 0.1) is 6.54 Å². The molecule has 2 heterocycles. The van der Waals surface area contributed by atoms with Crippen molar-refractivity contribution in [2.75, 3.05) is 31.1 Å². The number of amides is 1. The van der Waals surface area contributed by atoms with Crippen molar-refractivity contribution in [1.82, 2.24) is 15.6 Å². The number of halogens is 2. The molecule has 23 heavy (non-hydrogen) atoms. The van der Waals surface area contributed by atoms with Gasteiger partial charge in [0, 0.05) is 25.8 Å². The largest absolute Gasteiger partial charge is 0.357 e. The van der Waals surface area contributed by atoms with Crippen LogP contribution in [0.25, 0.3) is 0 Å². The summed E-state index contributed by atoms with van der Waals surface area (Å²) in [4.78, 5) is 18.5. The van der Waals surface area contributed by atoms with E-state index in [0.717, 1.165) is 36.9 Å². The normalized spacial score (nSPS) is 16.4. The molecule has 7 heteroatoms. The van der Waals surface area contributed by atoms with Crippen molar-refractivity contribution in [2.45, 2.75) is 32.2 Å². The molecule has 0 atom stereocenters. The number of rotatable bonds is 7. The lowest BCUT2D eigenvalue weighted by atomic mass is 10.2. The van der Waals surface area contributed by atoms with Crippen molar-refractivity contribution in [3.05, 3.63) is 23.9 Å². The highest BCUT2D eigenvalue weighted by Crippen LogP contribution is 2.27. The predicted octanol–water partition coefficient (Wildman–Crippen LogP) is 2.14. The zero-order valence-electron chi connectivity index (χ0n) is 13.3. The lowest BCUT2D eigenvalue weighted by molar-refractivity contribution is -0.120. The van der Waals surface area contributed by atoms with Crippen molar-refractivity contribution in [2.24, 2.45) is 5.92 Å². The maximum Gasteiger partial charge on any atom is 0.234 e. The average molecular weight is 361 g/mol. The van der Waals surface area contributed by atoms with Gasteiger partial charge in [0.1, 0.15) is 5.82 Å². The molecule has 5 nitrogen and oxygen atoms in total. The summed E-state index contributed by atoms with van der Waals surface area (Å²) in [6, 6.07) is 4.11. The molecule has 2 aliphatic rings. The third-order valence-corrected chi connectivity index (χ3v) is 4.14. The molecule has 0 unspecified atom stereocenters. The Hall–Kier alpha value is -1.04. The Balaban J connectivity index is 0.00000132. The molecule has 2 fully saturated rings. The van der Waals surface area contributed by atoms with Crippen LogP contribution in [0.5, 0.6) is 0 Å². The van der Waals surface area contributed by atoms with Gasteiger partial charge in [-0.25, -0.2) is 4.98 Å². The van der Waals surface area contributed by atoms with Crippen molar-refractivity contribution in [3.63, 3.8) is 0 Å². The molecule has 1 amide bonds. The van der Waals surface area contributed by atoms with Gasteiger partial charge in [-0.3, -0.25) is 4.79 Å². The van der Waals surface area contributed by atoms with E-state index in [4.69, 9.17) is 0 Å². The molecule has 2 N–H and O–H groups in total. The number of hydrogen-bond acceptors (Lipinski definition) is 4. The molecular formula is C16H26Cl2N4O. The van der Waals surface area contributed by atoms with Crippen LogP contribution in [0.1, 0.15) is 31.2 Å². The molecule has 1 aliphatic heterocycles. The topological polar surface area (TPSA) is 57.3 Å². The van der Waals surface area contributed by atoms with Gasteiger partial charge in [0.15, 0.2) is 0 Å². The second-order valence-electron chi connectivity index (χ2n) is 6.07. The first-order chi connectivity index (χ1) is 10.3. The van der Waals surface area contributed by atoms with E-state index in [1.165, 1.54) is 25.7 Å². The van der Waals surface area contributed by atoms with E-state index in [1.54, 1.807) is 0 Å². The zero-order valence-corrected chi connectivity index (χ0v) is 14.9. The van der Waals surface area contributed by atoms with Gasteiger partial charge in [-0.1, -0.05) is 6.07 Å². The molecule has 1 aliphatic carbocycles. The van der Waals surface area contributed by atoms with Crippen LogP contribution in [0.3, 0.4) is 0 Å². The Labute approximate surface area is 150 Å². The van der Waals surface area contributed by atoms with Gasteiger partial charge in [0.25, 0.3) is 0 Å². The van der Waals surface area contributed by atoms with Crippen LogP contribution in [0.2, 0.25) is 0 Å². The summed E-state index contributed by atoms with van der Waals surface area (Å²) in [7, 11) is 0. The molecule has 0 radical (unpaired) electrons. The number of pyridine rings is 1. The van der Waals surface area contributed by atoms with Crippen molar-refractivity contribution in [1.29, 1.82) is 0 Å². The summed E-state index contributed by atoms with van der Waals surface area (Å²) < 4.78 is 0. The molecule has 130 valence electrons. The molecule has 0 bridgehead atoms. The molecular weight excluding hydrogens is 335 g/mol. The van der Waals surface area contributed by atoms with Crippen LogP contribution in [0.4, 0.5) is 5.82 Å². The Morgan fingerprint density at radius 3 is 2.57 bits per heavy atom. The summed E-state index contributed by atoms with van der Waals surface area (Å²) in [6.07, 6.45) is 7.00. The first-order valence-electron chi connectivity index (χ1n) is 7.98. The summed E-state index contributed by atoms with van der Waals surface area (Å²) >= 11 is 0. The number of nitrogens with zero attached hydrogens (tertiary/aromatic N) is 2. The highest BCUT2D eigenvalue weighted by Gasteiger charge is 2.20. The Bertz CT molecular complexity index is 473. The standard InChI is InChI=1S/C16H24N4O.2ClH/c21-16(12-17-9-13-3-4-13)19-11-14-5-6-15(18-10-14)20-7-1-2-8-20;;/h5-6,10,13,17H,1-4,7-9,11-12H2,(H,19,21);2*1H. The van der Waals surface area contributed by atoms with E-state index in [0.29, 0.717) is 13.1 Å². The minimum Gasteiger partial charge on any atom is -0.357 e. The van der Waals surface area contributed by atoms with Gasteiger partial charge < -0.3 is 15.5 Å². The monoisotopic (exact) mass is 360 g/mol. The number of carbonyl (C=O) groups excluding carboxylic acids is 1. The van der Waals surface area contributed by atoms with Gasteiger partial charge in [-0.15, -0.1) is 24.8 Å². The minimum atomic E-state index is 0. The van der Waals surface area contributed by atoms with Crippen LogP contribution in [-0.4, -0.2) is 37.1 Å². The number of aromatic nitrogens is 1. The molecule has 3 rings (SSSR count). The first kappa shape index (κ1) is 20.0. The van der Waals surface area contributed by atoms with Gasteiger partial charge in [-0.05, 0) is 49.8 Å². The summed E-state index contributed by atoms with van der Waals surface area (Å²) in [5.74, 6) is 1.91. The molecule has 0 spiro atoms. The Morgan fingerprint density at radius 2 is 1.96 bits per heavy atom. The summed E-state index contributed by atoms with van der Waals surface area (Å²) in [6.45, 7) is 4.15. The van der Waals surface area contributed by atoms with Crippen molar-refractivity contribution >= 4 is 36.5 Å². The SMILES string of the molecule is Cl.Cl.O=C(CNCC1CC1)NCc1ccc(N2CCCC2)nc1. The van der Waals surface area contributed by atoms with Crippen LogP contribution < -0.4 is 15.5 Å². The Kier molecular flexibility index (Phi) is 8.66. The third kappa shape index (κ3) is 6.53. The highest BCUT2D eigenvalue weighted by molar-refractivity contribution is 5.85. The molecule has 1 aromatic rings. The van der Waals surface area contributed by atoms with Gasteiger partial charge in [-0.2, -0.15) is 0 Å². The third-order valence-electron chi connectivity index (χ3n) is 4.14. The lowest BCUT2D eigenvalue weighted by Gasteiger charge is -2.16. The van der Waals surface area contributed by atoms with E-state index in [9.17, 15) is 4.79 Å². The van der Waals surface area contributed by atoms with E-state index in [-0.39, 0.29) is 30.7 Å². The van der Waals surface area contributed by atoms with Crippen LogP contribution in [0, 0.1) is 5.92 Å². The fraction of sp³-hybridized carbons (Fsp3) is 0.625. The predicted molar refractivity (Wildman–Crippen MR) is 97.6 cm³/mol. The van der Waals surface area contributed by atoms with E-state index < -0.39 is 0 Å². The zero-order chi connectivity index (χ0) is 14.5. The number of carbonyl (C=O) groups is 1. The van der Waals surface area contributed by atoms with E-state index >= 15 is 0 Å².